The maximum Gasteiger partial charge on any atom is 0.255 e. The van der Waals surface area contributed by atoms with Gasteiger partial charge < -0.3 is 9.64 Å². The number of carbonyl (C=O) groups is 1. The van der Waals surface area contributed by atoms with Gasteiger partial charge in [-0.15, -0.1) is 0 Å². The second-order valence-electron chi connectivity index (χ2n) is 4.61. The molecule has 1 aromatic heterocycles. The first-order valence-corrected chi connectivity index (χ1v) is 7.51. The monoisotopic (exact) mass is 348 g/mol. The van der Waals surface area contributed by atoms with E-state index in [1.165, 1.54) is 0 Å². The average molecular weight is 349 g/mol. The predicted molar refractivity (Wildman–Crippen MR) is 85.5 cm³/mol. The molecule has 1 aromatic carbocycles. The molecule has 110 valence electrons. The molecule has 0 N–H and O–H groups in total. The molecule has 1 heterocycles. The molecule has 0 saturated heterocycles. The number of aromatic nitrogens is 1. The Balaban J connectivity index is 1.75. The third-order valence-corrected chi connectivity index (χ3v) is 3.44. The Hall–Kier alpha value is -1.88. The van der Waals surface area contributed by atoms with Gasteiger partial charge in [0.05, 0.1) is 12.2 Å². The second kappa shape index (κ2) is 7.78. The van der Waals surface area contributed by atoms with Crippen molar-refractivity contribution in [2.75, 3.05) is 20.2 Å². The standard InChI is InChI=1S/C16H17BrN2O2/c1-19(16(20)13-8-9-15(17)18-12-13)10-5-11-21-14-6-3-2-4-7-14/h2-4,6-9,12H,5,10-11H2,1H3. The summed E-state index contributed by atoms with van der Waals surface area (Å²) in [6, 6.07) is 13.2. The summed E-state index contributed by atoms with van der Waals surface area (Å²) in [5, 5.41) is 0. The van der Waals surface area contributed by atoms with Crippen molar-refractivity contribution < 1.29 is 9.53 Å². The van der Waals surface area contributed by atoms with Crippen LogP contribution < -0.4 is 4.74 Å². The van der Waals surface area contributed by atoms with E-state index in [1.54, 1.807) is 30.3 Å². The first-order chi connectivity index (χ1) is 10.2. The van der Waals surface area contributed by atoms with E-state index in [9.17, 15) is 4.79 Å². The number of rotatable bonds is 6. The van der Waals surface area contributed by atoms with Crippen LogP contribution >= 0.6 is 15.9 Å². The van der Waals surface area contributed by atoms with Gasteiger partial charge in [-0.3, -0.25) is 4.79 Å². The van der Waals surface area contributed by atoms with Crippen LogP contribution in [0, 0.1) is 0 Å². The summed E-state index contributed by atoms with van der Waals surface area (Å²) in [7, 11) is 1.78. The Morgan fingerprint density at radius 2 is 2.00 bits per heavy atom. The highest BCUT2D eigenvalue weighted by molar-refractivity contribution is 9.10. The lowest BCUT2D eigenvalue weighted by Gasteiger charge is -2.17. The highest BCUT2D eigenvalue weighted by Gasteiger charge is 2.11. The van der Waals surface area contributed by atoms with Gasteiger partial charge in [0.25, 0.3) is 5.91 Å². The molecule has 5 heteroatoms. The van der Waals surface area contributed by atoms with Crippen LogP contribution in [0.25, 0.3) is 0 Å². The zero-order valence-electron chi connectivity index (χ0n) is 11.8. The van der Waals surface area contributed by atoms with E-state index in [0.29, 0.717) is 18.7 Å². The van der Waals surface area contributed by atoms with Gasteiger partial charge in [0.15, 0.2) is 0 Å². The molecule has 0 saturated carbocycles. The minimum absolute atomic E-state index is 0.0327. The third kappa shape index (κ3) is 4.86. The SMILES string of the molecule is CN(CCCOc1ccccc1)C(=O)c1ccc(Br)nc1. The van der Waals surface area contributed by atoms with Crippen molar-refractivity contribution in [3.63, 3.8) is 0 Å². The van der Waals surface area contributed by atoms with Gasteiger partial charge in [-0.2, -0.15) is 0 Å². The number of carbonyl (C=O) groups excluding carboxylic acids is 1. The molecule has 21 heavy (non-hydrogen) atoms. The van der Waals surface area contributed by atoms with E-state index in [2.05, 4.69) is 20.9 Å². The number of amides is 1. The molecular formula is C16H17BrN2O2. The summed E-state index contributed by atoms with van der Waals surface area (Å²) < 4.78 is 6.32. The van der Waals surface area contributed by atoms with Crippen molar-refractivity contribution in [3.8, 4) is 5.75 Å². The summed E-state index contributed by atoms with van der Waals surface area (Å²) in [6.07, 6.45) is 2.35. The van der Waals surface area contributed by atoms with Crippen LogP contribution in [-0.2, 0) is 0 Å². The van der Waals surface area contributed by atoms with Gasteiger partial charge in [0.1, 0.15) is 10.4 Å². The van der Waals surface area contributed by atoms with Crippen LogP contribution in [-0.4, -0.2) is 36.0 Å². The van der Waals surface area contributed by atoms with E-state index in [1.807, 2.05) is 30.3 Å². The number of nitrogens with zero attached hydrogens (tertiary/aromatic N) is 2. The Bertz CT molecular complexity index is 573. The van der Waals surface area contributed by atoms with Gasteiger partial charge >= 0.3 is 0 Å². The number of benzene rings is 1. The van der Waals surface area contributed by atoms with E-state index in [4.69, 9.17) is 4.74 Å². The maximum absolute atomic E-state index is 12.1. The Labute approximate surface area is 132 Å². The Morgan fingerprint density at radius 3 is 2.67 bits per heavy atom. The van der Waals surface area contributed by atoms with Crippen molar-refractivity contribution in [2.45, 2.75) is 6.42 Å². The topological polar surface area (TPSA) is 42.4 Å². The van der Waals surface area contributed by atoms with Crippen LogP contribution in [0.4, 0.5) is 0 Å². The predicted octanol–water partition coefficient (Wildman–Crippen LogP) is 3.39. The minimum Gasteiger partial charge on any atom is -0.494 e. The molecule has 0 bridgehead atoms. The molecular weight excluding hydrogens is 332 g/mol. The van der Waals surface area contributed by atoms with Gasteiger partial charge in [-0.25, -0.2) is 4.98 Å². The van der Waals surface area contributed by atoms with Crippen LogP contribution in [0.2, 0.25) is 0 Å². The number of para-hydroxylation sites is 1. The number of pyridine rings is 1. The third-order valence-electron chi connectivity index (χ3n) is 2.97. The highest BCUT2D eigenvalue weighted by atomic mass is 79.9. The summed E-state index contributed by atoms with van der Waals surface area (Å²) in [5.41, 5.74) is 0.588. The largest absolute Gasteiger partial charge is 0.494 e. The molecule has 4 nitrogen and oxygen atoms in total. The Kier molecular flexibility index (Phi) is 5.75. The molecule has 0 spiro atoms. The second-order valence-corrected chi connectivity index (χ2v) is 5.42. The molecule has 2 rings (SSSR count). The van der Waals surface area contributed by atoms with Crippen LogP contribution in [0.5, 0.6) is 5.75 Å². The van der Waals surface area contributed by atoms with Crippen molar-refractivity contribution >= 4 is 21.8 Å². The molecule has 2 aromatic rings. The lowest BCUT2D eigenvalue weighted by molar-refractivity contribution is 0.0787. The molecule has 0 aliphatic heterocycles. The Morgan fingerprint density at radius 1 is 1.24 bits per heavy atom. The lowest BCUT2D eigenvalue weighted by Crippen LogP contribution is -2.28. The molecule has 0 aliphatic rings. The quantitative estimate of drug-likeness (QED) is 0.593. The van der Waals surface area contributed by atoms with Crippen molar-refractivity contribution in [3.05, 3.63) is 58.8 Å². The van der Waals surface area contributed by atoms with Crippen LogP contribution in [0.1, 0.15) is 16.8 Å². The normalized spacial score (nSPS) is 10.2. The maximum atomic E-state index is 12.1. The van der Waals surface area contributed by atoms with Crippen LogP contribution in [0.3, 0.4) is 0 Å². The van der Waals surface area contributed by atoms with E-state index in [0.717, 1.165) is 16.8 Å². The summed E-state index contributed by atoms with van der Waals surface area (Å²) in [6.45, 7) is 1.22. The fourth-order valence-electron chi connectivity index (χ4n) is 1.83. The average Bonchev–Trinajstić information content (AvgIpc) is 2.52. The lowest BCUT2D eigenvalue weighted by atomic mass is 10.2. The number of hydrogen-bond donors (Lipinski definition) is 0. The van der Waals surface area contributed by atoms with Gasteiger partial charge in [0.2, 0.25) is 0 Å². The number of hydrogen-bond acceptors (Lipinski definition) is 3. The number of ether oxygens (including phenoxy) is 1. The van der Waals surface area contributed by atoms with Gasteiger partial charge in [-0.1, -0.05) is 18.2 Å². The molecule has 0 fully saturated rings. The summed E-state index contributed by atoms with van der Waals surface area (Å²) in [4.78, 5) is 17.9. The molecule has 0 unspecified atom stereocenters. The van der Waals surface area contributed by atoms with Crippen molar-refractivity contribution in [1.29, 1.82) is 0 Å². The van der Waals surface area contributed by atoms with Crippen molar-refractivity contribution in [2.24, 2.45) is 0 Å². The summed E-state index contributed by atoms with van der Waals surface area (Å²) >= 11 is 3.25. The molecule has 0 atom stereocenters. The van der Waals surface area contributed by atoms with E-state index in [-0.39, 0.29) is 5.91 Å². The van der Waals surface area contributed by atoms with Gasteiger partial charge in [0, 0.05) is 19.8 Å². The minimum atomic E-state index is -0.0327. The molecule has 1 amide bonds. The zero-order valence-corrected chi connectivity index (χ0v) is 13.4. The molecule has 0 aliphatic carbocycles. The number of halogens is 1. The fraction of sp³-hybridized carbons (Fsp3) is 0.250. The summed E-state index contributed by atoms with van der Waals surface area (Å²) in [5.74, 6) is 0.818. The first-order valence-electron chi connectivity index (χ1n) is 6.71. The first kappa shape index (κ1) is 15.5. The zero-order chi connectivity index (χ0) is 15.1. The highest BCUT2D eigenvalue weighted by Crippen LogP contribution is 2.10. The van der Waals surface area contributed by atoms with E-state index < -0.39 is 0 Å². The van der Waals surface area contributed by atoms with E-state index >= 15 is 0 Å². The fourth-order valence-corrected chi connectivity index (χ4v) is 2.07. The van der Waals surface area contributed by atoms with Gasteiger partial charge in [-0.05, 0) is 46.6 Å². The van der Waals surface area contributed by atoms with Crippen LogP contribution in [0.15, 0.2) is 53.3 Å². The molecule has 0 radical (unpaired) electrons. The smallest absolute Gasteiger partial charge is 0.255 e. The van der Waals surface area contributed by atoms with Crippen molar-refractivity contribution in [1.82, 2.24) is 9.88 Å².